The predicted molar refractivity (Wildman–Crippen MR) is 68.7 cm³/mol. The minimum atomic E-state index is 0.254. The minimum absolute atomic E-state index is 0.254. The number of benzene rings is 1. The van der Waals surface area contributed by atoms with E-state index in [4.69, 9.17) is 9.47 Å². The highest BCUT2D eigenvalue weighted by atomic mass is 16.5. The van der Waals surface area contributed by atoms with Gasteiger partial charge in [0.05, 0.1) is 7.11 Å². The zero-order chi connectivity index (χ0) is 12.1. The Labute approximate surface area is 103 Å². The van der Waals surface area contributed by atoms with Gasteiger partial charge < -0.3 is 14.8 Å². The van der Waals surface area contributed by atoms with Gasteiger partial charge in [0.25, 0.3) is 0 Å². The molecular formula is C14H21NO2. The third kappa shape index (κ3) is 3.93. The Bertz CT molecular complexity index is 333. The van der Waals surface area contributed by atoms with E-state index in [9.17, 15) is 0 Å². The molecular weight excluding hydrogens is 214 g/mol. The van der Waals surface area contributed by atoms with Gasteiger partial charge in [-0.2, -0.15) is 0 Å². The summed E-state index contributed by atoms with van der Waals surface area (Å²) in [6, 6.07) is 8.51. The van der Waals surface area contributed by atoms with Gasteiger partial charge in [0.15, 0.2) is 0 Å². The van der Waals surface area contributed by atoms with E-state index in [0.717, 1.165) is 30.5 Å². The van der Waals surface area contributed by atoms with Crippen LogP contribution in [0.4, 0.5) is 0 Å². The lowest BCUT2D eigenvalue weighted by atomic mass is 10.2. The number of hydrogen-bond acceptors (Lipinski definition) is 3. The molecule has 1 aromatic carbocycles. The fourth-order valence-electron chi connectivity index (χ4n) is 1.70. The van der Waals surface area contributed by atoms with Crippen LogP contribution in [-0.2, 0) is 0 Å². The fourth-order valence-corrected chi connectivity index (χ4v) is 1.70. The Balaban J connectivity index is 1.82. The van der Waals surface area contributed by atoms with E-state index in [1.807, 2.05) is 24.3 Å². The molecule has 1 aliphatic carbocycles. The smallest absolute Gasteiger partial charge is 0.120 e. The van der Waals surface area contributed by atoms with Crippen LogP contribution >= 0.6 is 0 Å². The molecule has 1 aromatic rings. The maximum atomic E-state index is 5.92. The number of methoxy groups -OCH3 is 1. The molecule has 0 bridgehead atoms. The predicted octanol–water partition coefficient (Wildman–Crippen LogP) is 2.60. The number of ether oxygens (including phenoxy) is 2. The Morgan fingerprint density at radius 1 is 1.24 bits per heavy atom. The number of nitrogens with one attached hydrogen (secondary N) is 1. The Kier molecular flexibility index (Phi) is 4.26. The van der Waals surface area contributed by atoms with Crippen LogP contribution in [0.25, 0.3) is 0 Å². The molecule has 0 heterocycles. The highest BCUT2D eigenvalue weighted by molar-refractivity contribution is 5.31. The summed E-state index contributed by atoms with van der Waals surface area (Å²) in [7, 11) is 1.67. The molecule has 3 heteroatoms. The quantitative estimate of drug-likeness (QED) is 0.788. The van der Waals surface area contributed by atoms with Gasteiger partial charge in [-0.25, -0.2) is 0 Å². The molecule has 2 rings (SSSR count). The van der Waals surface area contributed by atoms with E-state index in [1.165, 1.54) is 12.8 Å². The second kappa shape index (κ2) is 5.92. The van der Waals surface area contributed by atoms with Crippen LogP contribution < -0.4 is 14.8 Å². The first-order chi connectivity index (χ1) is 8.31. The lowest BCUT2D eigenvalue weighted by Gasteiger charge is -2.18. The third-order valence-corrected chi connectivity index (χ3v) is 3.03. The average Bonchev–Trinajstić information content (AvgIpc) is 3.19. The van der Waals surface area contributed by atoms with Crippen LogP contribution in [0.2, 0.25) is 0 Å². The van der Waals surface area contributed by atoms with Gasteiger partial charge in [0.1, 0.15) is 17.6 Å². The first-order valence-corrected chi connectivity index (χ1v) is 6.36. The standard InChI is InChI=1S/C14H21NO2/c1-3-12(10-15-11-4-5-11)17-14-8-6-13(16-2)7-9-14/h6-9,11-12,15H,3-5,10H2,1-2H3. The van der Waals surface area contributed by atoms with Crippen molar-refractivity contribution in [2.45, 2.75) is 38.3 Å². The molecule has 1 fully saturated rings. The van der Waals surface area contributed by atoms with Crippen LogP contribution in [0.3, 0.4) is 0 Å². The molecule has 0 aromatic heterocycles. The van der Waals surface area contributed by atoms with Crippen LogP contribution in [0.15, 0.2) is 24.3 Å². The molecule has 94 valence electrons. The Morgan fingerprint density at radius 2 is 1.88 bits per heavy atom. The number of rotatable bonds is 7. The molecule has 0 spiro atoms. The van der Waals surface area contributed by atoms with Gasteiger partial charge in [-0.1, -0.05) is 6.92 Å². The second-order valence-electron chi connectivity index (χ2n) is 4.51. The molecule has 1 atom stereocenters. The van der Waals surface area contributed by atoms with Crippen molar-refractivity contribution in [1.82, 2.24) is 5.32 Å². The van der Waals surface area contributed by atoms with Crippen LogP contribution in [0.1, 0.15) is 26.2 Å². The van der Waals surface area contributed by atoms with E-state index in [2.05, 4.69) is 12.2 Å². The van der Waals surface area contributed by atoms with E-state index in [0.29, 0.717) is 0 Å². The monoisotopic (exact) mass is 235 g/mol. The Morgan fingerprint density at radius 3 is 2.41 bits per heavy atom. The molecule has 3 nitrogen and oxygen atoms in total. The van der Waals surface area contributed by atoms with E-state index >= 15 is 0 Å². The van der Waals surface area contributed by atoms with E-state index < -0.39 is 0 Å². The fraction of sp³-hybridized carbons (Fsp3) is 0.571. The molecule has 0 aliphatic heterocycles. The maximum absolute atomic E-state index is 5.92. The summed E-state index contributed by atoms with van der Waals surface area (Å²) in [6.07, 6.45) is 3.91. The van der Waals surface area contributed by atoms with Gasteiger partial charge in [-0.3, -0.25) is 0 Å². The third-order valence-electron chi connectivity index (χ3n) is 3.03. The molecule has 0 amide bonds. The largest absolute Gasteiger partial charge is 0.497 e. The van der Waals surface area contributed by atoms with Crippen molar-refractivity contribution in [2.75, 3.05) is 13.7 Å². The molecule has 1 aliphatic rings. The SMILES string of the molecule is CCC(CNC1CC1)Oc1ccc(OC)cc1. The van der Waals surface area contributed by atoms with Crippen molar-refractivity contribution in [1.29, 1.82) is 0 Å². The van der Waals surface area contributed by atoms with Crippen LogP contribution in [0.5, 0.6) is 11.5 Å². The molecule has 0 radical (unpaired) electrons. The molecule has 17 heavy (non-hydrogen) atoms. The summed E-state index contributed by atoms with van der Waals surface area (Å²) in [5.74, 6) is 1.77. The van der Waals surface area contributed by atoms with Gasteiger partial charge in [0, 0.05) is 12.6 Å². The zero-order valence-corrected chi connectivity index (χ0v) is 10.6. The van der Waals surface area contributed by atoms with Crippen molar-refractivity contribution >= 4 is 0 Å². The van der Waals surface area contributed by atoms with Crippen molar-refractivity contribution in [3.8, 4) is 11.5 Å². The number of hydrogen-bond donors (Lipinski definition) is 1. The van der Waals surface area contributed by atoms with Crippen molar-refractivity contribution in [2.24, 2.45) is 0 Å². The molecule has 1 unspecified atom stereocenters. The lowest BCUT2D eigenvalue weighted by molar-refractivity contribution is 0.192. The van der Waals surface area contributed by atoms with Gasteiger partial charge in [0.2, 0.25) is 0 Å². The zero-order valence-electron chi connectivity index (χ0n) is 10.6. The van der Waals surface area contributed by atoms with Gasteiger partial charge in [-0.05, 0) is 43.5 Å². The van der Waals surface area contributed by atoms with Crippen molar-refractivity contribution < 1.29 is 9.47 Å². The first kappa shape index (κ1) is 12.2. The molecule has 1 N–H and O–H groups in total. The lowest BCUT2D eigenvalue weighted by Crippen LogP contribution is -2.32. The Hall–Kier alpha value is -1.22. The first-order valence-electron chi connectivity index (χ1n) is 6.36. The van der Waals surface area contributed by atoms with E-state index in [1.54, 1.807) is 7.11 Å². The van der Waals surface area contributed by atoms with E-state index in [-0.39, 0.29) is 6.10 Å². The summed E-state index contributed by atoms with van der Waals surface area (Å²) >= 11 is 0. The second-order valence-corrected chi connectivity index (χ2v) is 4.51. The molecule has 1 saturated carbocycles. The summed E-state index contributed by atoms with van der Waals surface area (Å²) in [5.41, 5.74) is 0. The van der Waals surface area contributed by atoms with Crippen LogP contribution in [-0.4, -0.2) is 25.8 Å². The minimum Gasteiger partial charge on any atom is -0.497 e. The van der Waals surface area contributed by atoms with Gasteiger partial charge in [-0.15, -0.1) is 0 Å². The van der Waals surface area contributed by atoms with Gasteiger partial charge >= 0.3 is 0 Å². The highest BCUT2D eigenvalue weighted by Crippen LogP contribution is 2.20. The van der Waals surface area contributed by atoms with Crippen LogP contribution in [0, 0.1) is 0 Å². The highest BCUT2D eigenvalue weighted by Gasteiger charge is 2.21. The topological polar surface area (TPSA) is 30.5 Å². The summed E-state index contributed by atoms with van der Waals surface area (Å²) < 4.78 is 11.0. The van der Waals surface area contributed by atoms with Crippen molar-refractivity contribution in [3.05, 3.63) is 24.3 Å². The normalized spacial score (nSPS) is 16.6. The average molecular weight is 235 g/mol. The summed E-state index contributed by atoms with van der Waals surface area (Å²) in [4.78, 5) is 0. The summed E-state index contributed by atoms with van der Waals surface area (Å²) in [6.45, 7) is 3.09. The molecule has 0 saturated heterocycles. The maximum Gasteiger partial charge on any atom is 0.120 e. The summed E-state index contributed by atoms with van der Waals surface area (Å²) in [5, 5.41) is 3.50. The van der Waals surface area contributed by atoms with Crippen molar-refractivity contribution in [3.63, 3.8) is 0 Å².